The number of hydrogen-bond acceptors (Lipinski definition) is 4. The number of piperidine rings is 1. The van der Waals surface area contributed by atoms with Crippen LogP contribution in [0.1, 0.15) is 46.8 Å². The maximum atomic E-state index is 14.0. The average Bonchev–Trinajstić information content (AvgIpc) is 3.38. The molecule has 6 rings (SSSR count). The van der Waals surface area contributed by atoms with Crippen LogP contribution in [0.5, 0.6) is 0 Å². The number of aromatic nitrogens is 1. The molecule has 3 aromatic rings. The highest BCUT2D eigenvalue weighted by molar-refractivity contribution is 5.95. The number of hydrogen-bond donors (Lipinski definition) is 1. The molecule has 3 fully saturated rings. The number of alkyl halides is 6. The molecule has 0 aliphatic carbocycles. The molecule has 3 aliphatic heterocycles. The summed E-state index contributed by atoms with van der Waals surface area (Å²) in [6.07, 6.45) is -6.19. The fourth-order valence-electron chi connectivity index (χ4n) is 7.05. The Bertz CT molecular complexity index is 1450. The van der Waals surface area contributed by atoms with Crippen molar-refractivity contribution in [3.05, 3.63) is 70.9 Å². The Kier molecular flexibility index (Phi) is 7.75. The summed E-state index contributed by atoms with van der Waals surface area (Å²) in [5.41, 5.74) is -1.83. The van der Waals surface area contributed by atoms with Crippen LogP contribution in [0, 0.1) is 0 Å². The van der Waals surface area contributed by atoms with Crippen molar-refractivity contribution in [1.29, 1.82) is 0 Å². The van der Waals surface area contributed by atoms with E-state index in [1.54, 1.807) is 0 Å². The Morgan fingerprint density at radius 1 is 1.00 bits per heavy atom. The standard InChI is InChI=1S/C31H34F6N4O2/c1-29(40-8-10-43-11-9-40)7-6-24-18-41(28(42)20-12-22(30(32,33)34)15-23(13-20)31(35,36)37)25(17-39(24)19-29)14-21-16-38-27-5-3-2-4-26(21)27/h2-5,12-13,15-16,24-25,38H,6-11,14,17-19H2,1H3/t24-,25-,29-/m1/s1. The Labute approximate surface area is 245 Å². The summed E-state index contributed by atoms with van der Waals surface area (Å²) in [7, 11) is 0. The summed E-state index contributed by atoms with van der Waals surface area (Å²) >= 11 is 0. The molecule has 1 N–H and O–H groups in total. The first kappa shape index (κ1) is 30.0. The lowest BCUT2D eigenvalue weighted by atomic mass is 9.82. The van der Waals surface area contributed by atoms with Crippen LogP contribution in [0.2, 0.25) is 0 Å². The van der Waals surface area contributed by atoms with E-state index >= 15 is 0 Å². The largest absolute Gasteiger partial charge is 0.416 e. The van der Waals surface area contributed by atoms with Crippen LogP contribution >= 0.6 is 0 Å². The zero-order chi connectivity index (χ0) is 30.6. The van der Waals surface area contributed by atoms with Gasteiger partial charge in [0.25, 0.3) is 5.91 Å². The second-order valence-corrected chi connectivity index (χ2v) is 12.2. The molecule has 0 saturated carbocycles. The van der Waals surface area contributed by atoms with Gasteiger partial charge in [-0.1, -0.05) is 18.2 Å². The van der Waals surface area contributed by atoms with E-state index < -0.39 is 41.0 Å². The van der Waals surface area contributed by atoms with Gasteiger partial charge in [0.15, 0.2) is 0 Å². The smallest absolute Gasteiger partial charge is 0.379 e. The van der Waals surface area contributed by atoms with Crippen molar-refractivity contribution in [3.8, 4) is 0 Å². The summed E-state index contributed by atoms with van der Waals surface area (Å²) in [6, 6.07) is 8.33. The number of fused-ring (bicyclic) bond motifs is 2. The minimum Gasteiger partial charge on any atom is -0.379 e. The second kappa shape index (κ2) is 11.1. The molecule has 232 valence electrons. The molecular formula is C31H34F6N4O2. The SMILES string of the molecule is C[C@@]1(N2CCOCC2)CC[C@@H]2CN(C(=O)c3cc(C(F)(F)F)cc(C(F)(F)F)c3)[C@H](Cc3c[nH]c4ccccc34)CN2C1. The lowest BCUT2D eigenvalue weighted by molar-refractivity contribution is -0.143. The van der Waals surface area contributed by atoms with Crippen molar-refractivity contribution >= 4 is 16.8 Å². The number of aromatic amines is 1. The van der Waals surface area contributed by atoms with Crippen molar-refractivity contribution in [2.45, 2.75) is 56.2 Å². The molecule has 0 unspecified atom stereocenters. The van der Waals surface area contributed by atoms with Crippen molar-refractivity contribution in [2.75, 3.05) is 45.9 Å². The number of para-hydroxylation sites is 1. The number of nitrogens with one attached hydrogen (secondary N) is 1. The second-order valence-electron chi connectivity index (χ2n) is 12.2. The topological polar surface area (TPSA) is 51.8 Å². The minimum absolute atomic E-state index is 0.0508. The predicted octanol–water partition coefficient (Wildman–Crippen LogP) is 5.83. The molecule has 0 spiro atoms. The van der Waals surface area contributed by atoms with E-state index in [-0.39, 0.29) is 24.2 Å². The van der Waals surface area contributed by atoms with Crippen LogP contribution in [-0.2, 0) is 23.5 Å². The summed E-state index contributed by atoms with van der Waals surface area (Å²) in [6.45, 7) is 6.67. The zero-order valence-electron chi connectivity index (χ0n) is 23.8. The summed E-state index contributed by atoms with van der Waals surface area (Å²) in [4.78, 5) is 23.5. The number of carbonyl (C=O) groups excluding carboxylic acids is 1. The molecule has 3 atom stereocenters. The van der Waals surface area contributed by atoms with Gasteiger partial charge >= 0.3 is 12.4 Å². The minimum atomic E-state index is -5.04. The van der Waals surface area contributed by atoms with Gasteiger partial charge in [-0.3, -0.25) is 14.6 Å². The van der Waals surface area contributed by atoms with E-state index in [9.17, 15) is 31.1 Å². The molecular weight excluding hydrogens is 574 g/mol. The molecule has 6 nitrogen and oxygen atoms in total. The lowest BCUT2D eigenvalue weighted by Gasteiger charge is -2.56. The number of ether oxygens (including phenoxy) is 1. The maximum Gasteiger partial charge on any atom is 0.416 e. The van der Waals surface area contributed by atoms with Gasteiger partial charge in [0, 0.05) is 73.0 Å². The number of benzene rings is 2. The van der Waals surface area contributed by atoms with Gasteiger partial charge in [-0.2, -0.15) is 26.3 Å². The molecule has 0 bridgehead atoms. The summed E-state index contributed by atoms with van der Waals surface area (Å²) in [5, 5.41) is 0.965. The third-order valence-corrected chi connectivity index (χ3v) is 9.37. The molecule has 1 aromatic heterocycles. The molecule has 0 radical (unpaired) electrons. The van der Waals surface area contributed by atoms with Crippen LogP contribution in [0.15, 0.2) is 48.7 Å². The first-order chi connectivity index (χ1) is 20.3. The van der Waals surface area contributed by atoms with E-state index in [2.05, 4.69) is 21.7 Å². The van der Waals surface area contributed by atoms with Crippen LogP contribution < -0.4 is 0 Å². The third-order valence-electron chi connectivity index (χ3n) is 9.37. The van der Waals surface area contributed by atoms with Crippen molar-refractivity contribution in [1.82, 2.24) is 19.7 Å². The number of H-pyrrole nitrogens is 1. The molecule has 2 aromatic carbocycles. The fraction of sp³-hybridized carbons (Fsp3) is 0.516. The highest BCUT2D eigenvalue weighted by Crippen LogP contribution is 2.39. The number of morpholine rings is 1. The van der Waals surface area contributed by atoms with E-state index in [0.717, 1.165) is 48.9 Å². The Balaban J connectivity index is 1.34. The molecule has 3 aliphatic rings. The molecule has 3 saturated heterocycles. The van der Waals surface area contributed by atoms with Gasteiger partial charge in [-0.15, -0.1) is 0 Å². The highest BCUT2D eigenvalue weighted by Gasteiger charge is 2.46. The fourth-order valence-corrected chi connectivity index (χ4v) is 7.05. The number of piperazine rings is 1. The van der Waals surface area contributed by atoms with Crippen LogP contribution in [0.25, 0.3) is 10.9 Å². The molecule has 43 heavy (non-hydrogen) atoms. The Morgan fingerprint density at radius 2 is 1.67 bits per heavy atom. The van der Waals surface area contributed by atoms with Crippen molar-refractivity contribution in [2.24, 2.45) is 0 Å². The number of amides is 1. The van der Waals surface area contributed by atoms with E-state index in [0.29, 0.717) is 38.3 Å². The molecule has 12 heteroatoms. The number of halogens is 6. The summed E-state index contributed by atoms with van der Waals surface area (Å²) in [5.74, 6) is -0.817. The van der Waals surface area contributed by atoms with Crippen molar-refractivity contribution < 1.29 is 35.9 Å². The maximum absolute atomic E-state index is 14.0. The van der Waals surface area contributed by atoms with Crippen LogP contribution in [-0.4, -0.2) is 89.2 Å². The van der Waals surface area contributed by atoms with Crippen molar-refractivity contribution in [3.63, 3.8) is 0 Å². The van der Waals surface area contributed by atoms with Gasteiger partial charge in [0.1, 0.15) is 0 Å². The lowest BCUT2D eigenvalue weighted by Crippen LogP contribution is -2.68. The predicted molar refractivity (Wildman–Crippen MR) is 149 cm³/mol. The first-order valence-electron chi connectivity index (χ1n) is 14.5. The Morgan fingerprint density at radius 3 is 2.35 bits per heavy atom. The Hall–Kier alpha value is -3.09. The van der Waals surface area contributed by atoms with E-state index in [1.807, 2.05) is 30.5 Å². The van der Waals surface area contributed by atoms with E-state index in [4.69, 9.17) is 4.74 Å². The van der Waals surface area contributed by atoms with Gasteiger partial charge in [-0.05, 0) is 56.0 Å². The number of rotatable bonds is 4. The van der Waals surface area contributed by atoms with E-state index in [1.165, 1.54) is 4.90 Å². The normalized spacial score (nSPS) is 26.1. The van der Waals surface area contributed by atoms with Gasteiger partial charge < -0.3 is 14.6 Å². The summed E-state index contributed by atoms with van der Waals surface area (Å²) < 4.78 is 87.5. The van der Waals surface area contributed by atoms with Gasteiger partial charge in [-0.25, -0.2) is 0 Å². The number of nitrogens with zero attached hydrogens (tertiary/aromatic N) is 3. The first-order valence-corrected chi connectivity index (χ1v) is 14.5. The quantitative estimate of drug-likeness (QED) is 0.379. The van der Waals surface area contributed by atoms with Gasteiger partial charge in [0.2, 0.25) is 0 Å². The molecule has 4 heterocycles. The van der Waals surface area contributed by atoms with Crippen LogP contribution in [0.3, 0.4) is 0 Å². The van der Waals surface area contributed by atoms with Gasteiger partial charge in [0.05, 0.1) is 24.3 Å². The molecule has 1 amide bonds. The number of carbonyl (C=O) groups is 1. The highest BCUT2D eigenvalue weighted by atomic mass is 19.4. The third kappa shape index (κ3) is 6.01. The van der Waals surface area contributed by atoms with Crippen LogP contribution in [0.4, 0.5) is 26.3 Å². The monoisotopic (exact) mass is 608 g/mol. The zero-order valence-corrected chi connectivity index (χ0v) is 23.8. The average molecular weight is 609 g/mol.